The Labute approximate surface area is 291 Å². The number of sulfonamides is 1. The first kappa shape index (κ1) is 33.5. The number of ether oxygens (including phenoxy) is 1. The molecule has 7 aliphatic rings. The number of nitrogens with zero attached hydrogens (tertiary/aromatic N) is 1. The average Bonchev–Trinajstić information content (AvgIpc) is 3.69. The van der Waals surface area contributed by atoms with Crippen LogP contribution in [0.3, 0.4) is 0 Å². The van der Waals surface area contributed by atoms with Crippen LogP contribution in [0, 0.1) is 33.5 Å². The predicted molar refractivity (Wildman–Crippen MR) is 190 cm³/mol. The van der Waals surface area contributed by atoms with Gasteiger partial charge < -0.3 is 14.9 Å². The number of carbonyl (C=O) groups is 1. The van der Waals surface area contributed by atoms with Gasteiger partial charge in [-0.25, -0.2) is 8.42 Å². The molecule has 1 unspecified atom stereocenters. The quantitative estimate of drug-likeness (QED) is 0.241. The van der Waals surface area contributed by atoms with Crippen LogP contribution in [0.15, 0.2) is 78.4 Å². The molecule has 2 bridgehead atoms. The van der Waals surface area contributed by atoms with Crippen molar-refractivity contribution < 1.29 is 28.2 Å². The van der Waals surface area contributed by atoms with Gasteiger partial charge in [-0.1, -0.05) is 86.7 Å². The van der Waals surface area contributed by atoms with Crippen molar-refractivity contribution in [2.24, 2.45) is 33.5 Å². The number of benzene rings is 2. The zero-order chi connectivity index (χ0) is 34.5. The summed E-state index contributed by atoms with van der Waals surface area (Å²) in [6.07, 6.45) is 14.3. The van der Waals surface area contributed by atoms with Crippen LogP contribution in [0.2, 0.25) is 0 Å². The summed E-state index contributed by atoms with van der Waals surface area (Å²) in [5.41, 5.74) is 0.578. The SMILES string of the molecule is C[C@]12CC[C@H]3[C@]4(C=C[C@@]5(C=C4C(=O)c4ccc(-c6ccccc6)cc4)CC(O)CC[C@]35C)[C@@H]1CC[C@@]2(O)CN(C[C@H]1CCCO1)S(C)(=O)=O. The summed E-state index contributed by atoms with van der Waals surface area (Å²) in [6, 6.07) is 18.1. The number of carbonyl (C=O) groups excluding carboxylic acids is 1. The Morgan fingerprint density at radius 2 is 1.57 bits per heavy atom. The third-order valence-corrected chi connectivity index (χ3v) is 15.8. The minimum Gasteiger partial charge on any atom is -0.393 e. The molecule has 1 heterocycles. The lowest BCUT2D eigenvalue weighted by atomic mass is 9.32. The van der Waals surface area contributed by atoms with Crippen LogP contribution >= 0.6 is 0 Å². The average molecular weight is 686 g/mol. The first-order valence-electron chi connectivity index (χ1n) is 18.4. The second-order valence-electron chi connectivity index (χ2n) is 16.8. The fourth-order valence-electron chi connectivity index (χ4n) is 11.8. The standard InChI is InChI=1S/C41H51NO6S/c1-37-18-15-31(43)24-39(37)21-22-41(33(25-39)36(44)30-13-11-29(12-14-30)28-8-5-4-6-9-28)34(37)16-19-38(2)35(41)17-20-40(38,45)27-42(49(3,46)47)26-32-10-7-23-48-32/h4-6,8-9,11-14,21-22,25,31-32,34-35,43,45H,7,10,15-20,23-24,26-27H2,1-3H3/t31?,32-,34-,35-,37-,38+,39+,40-,41-/m1/s1. The lowest BCUT2D eigenvalue weighted by Gasteiger charge is -2.71. The summed E-state index contributed by atoms with van der Waals surface area (Å²) in [5.74, 6) is 0.138. The number of Topliss-reactive ketones (excluding diaryl/α,β-unsaturated/α-hetero) is 1. The molecule has 262 valence electrons. The molecular weight excluding hydrogens is 635 g/mol. The maximum Gasteiger partial charge on any atom is 0.211 e. The lowest BCUT2D eigenvalue weighted by Crippen LogP contribution is -2.67. The normalized spacial score (nSPS) is 40.9. The van der Waals surface area contributed by atoms with Gasteiger partial charge in [0, 0.05) is 47.1 Å². The lowest BCUT2D eigenvalue weighted by molar-refractivity contribution is -0.174. The summed E-state index contributed by atoms with van der Waals surface area (Å²) >= 11 is 0. The number of fused-ring (bicyclic) bond motifs is 1. The van der Waals surface area contributed by atoms with Crippen LogP contribution in [0.25, 0.3) is 11.1 Å². The molecule has 3 saturated carbocycles. The number of allylic oxidation sites excluding steroid dienone is 4. The van der Waals surface area contributed by atoms with Crippen LogP contribution in [-0.4, -0.2) is 72.5 Å². The highest BCUT2D eigenvalue weighted by Gasteiger charge is 2.74. The third kappa shape index (κ3) is 4.87. The molecule has 2 aromatic rings. The van der Waals surface area contributed by atoms with Gasteiger partial charge in [-0.3, -0.25) is 4.79 Å². The van der Waals surface area contributed by atoms with Crippen molar-refractivity contribution in [1.82, 2.24) is 4.31 Å². The highest BCUT2D eigenvalue weighted by molar-refractivity contribution is 7.88. The van der Waals surface area contributed by atoms with Gasteiger partial charge >= 0.3 is 0 Å². The minimum atomic E-state index is -3.60. The molecule has 8 heteroatoms. The number of rotatable bonds is 8. The van der Waals surface area contributed by atoms with E-state index in [-0.39, 0.29) is 42.2 Å². The number of aliphatic hydroxyl groups is 2. The van der Waals surface area contributed by atoms with Gasteiger partial charge in [0.2, 0.25) is 10.0 Å². The molecule has 9 rings (SSSR count). The molecule has 1 aliphatic heterocycles. The molecule has 49 heavy (non-hydrogen) atoms. The molecule has 6 aliphatic carbocycles. The van der Waals surface area contributed by atoms with Gasteiger partial charge in [0.15, 0.2) is 5.78 Å². The zero-order valence-corrected chi connectivity index (χ0v) is 29.9. The van der Waals surface area contributed by atoms with Crippen LogP contribution in [0.5, 0.6) is 0 Å². The van der Waals surface area contributed by atoms with Crippen molar-refractivity contribution in [3.63, 3.8) is 0 Å². The second-order valence-corrected chi connectivity index (χ2v) is 18.8. The van der Waals surface area contributed by atoms with Crippen molar-refractivity contribution in [2.75, 3.05) is 26.0 Å². The topological polar surface area (TPSA) is 104 Å². The second kappa shape index (κ2) is 11.4. The Hall–Kier alpha value is -2.62. The summed E-state index contributed by atoms with van der Waals surface area (Å²) < 4.78 is 33.7. The third-order valence-electron chi connectivity index (χ3n) is 14.5. The Kier molecular flexibility index (Phi) is 7.83. The first-order valence-corrected chi connectivity index (χ1v) is 20.2. The van der Waals surface area contributed by atoms with Crippen molar-refractivity contribution in [3.05, 3.63) is 84.0 Å². The highest BCUT2D eigenvalue weighted by atomic mass is 32.2. The van der Waals surface area contributed by atoms with E-state index in [4.69, 9.17) is 4.74 Å². The maximum absolute atomic E-state index is 15.0. The van der Waals surface area contributed by atoms with E-state index < -0.39 is 38.0 Å². The number of hydrogen-bond acceptors (Lipinski definition) is 6. The first-order chi connectivity index (χ1) is 23.2. The van der Waals surface area contributed by atoms with E-state index in [9.17, 15) is 23.4 Å². The largest absolute Gasteiger partial charge is 0.393 e. The monoisotopic (exact) mass is 685 g/mol. The molecule has 2 spiro atoms. The van der Waals surface area contributed by atoms with Crippen LogP contribution in [0.1, 0.15) is 82.0 Å². The molecular formula is C41H51NO6S. The highest BCUT2D eigenvalue weighted by Crippen LogP contribution is 2.78. The van der Waals surface area contributed by atoms with Gasteiger partial charge in [-0.05, 0) is 86.2 Å². The van der Waals surface area contributed by atoms with Crippen LogP contribution in [0.4, 0.5) is 0 Å². The molecule has 2 aromatic carbocycles. The van der Waals surface area contributed by atoms with Crippen LogP contribution < -0.4 is 0 Å². The Balaban J connectivity index is 1.20. The number of hydrogen-bond donors (Lipinski definition) is 2. The summed E-state index contributed by atoms with van der Waals surface area (Å²) in [4.78, 5) is 15.0. The Morgan fingerprint density at radius 1 is 0.898 bits per heavy atom. The summed E-state index contributed by atoms with van der Waals surface area (Å²) in [7, 11) is -3.60. The van der Waals surface area contributed by atoms with E-state index in [1.165, 1.54) is 10.6 Å². The molecule has 7 nitrogen and oxygen atoms in total. The molecule has 4 fully saturated rings. The van der Waals surface area contributed by atoms with E-state index in [0.29, 0.717) is 31.4 Å². The van der Waals surface area contributed by atoms with Crippen molar-refractivity contribution in [2.45, 2.75) is 89.4 Å². The van der Waals surface area contributed by atoms with E-state index in [1.54, 1.807) is 0 Å². The van der Waals surface area contributed by atoms with Gasteiger partial charge in [-0.2, -0.15) is 4.31 Å². The molecule has 0 radical (unpaired) electrons. The van der Waals surface area contributed by atoms with E-state index >= 15 is 0 Å². The van der Waals surface area contributed by atoms with Gasteiger partial charge in [-0.15, -0.1) is 0 Å². The molecule has 9 atom stereocenters. The fraction of sp³-hybridized carbons (Fsp3) is 0.585. The van der Waals surface area contributed by atoms with E-state index in [0.717, 1.165) is 55.2 Å². The van der Waals surface area contributed by atoms with Crippen molar-refractivity contribution in [3.8, 4) is 11.1 Å². The molecule has 0 aromatic heterocycles. The van der Waals surface area contributed by atoms with Gasteiger partial charge in [0.05, 0.1) is 24.1 Å². The Bertz CT molecular complexity index is 1800. The fourth-order valence-corrected chi connectivity index (χ4v) is 12.7. The molecule has 2 N–H and O–H groups in total. The van der Waals surface area contributed by atoms with E-state index in [2.05, 4.69) is 44.2 Å². The van der Waals surface area contributed by atoms with Crippen molar-refractivity contribution in [1.29, 1.82) is 0 Å². The van der Waals surface area contributed by atoms with Gasteiger partial charge in [0.1, 0.15) is 0 Å². The predicted octanol–water partition coefficient (Wildman–Crippen LogP) is 6.57. The van der Waals surface area contributed by atoms with Crippen LogP contribution in [-0.2, 0) is 14.8 Å². The Morgan fingerprint density at radius 3 is 2.27 bits per heavy atom. The molecule has 0 amide bonds. The summed E-state index contributed by atoms with van der Waals surface area (Å²) in [6.45, 7) is 5.46. The number of aliphatic hydroxyl groups excluding tert-OH is 1. The van der Waals surface area contributed by atoms with Gasteiger partial charge in [0.25, 0.3) is 0 Å². The smallest absolute Gasteiger partial charge is 0.211 e. The summed E-state index contributed by atoms with van der Waals surface area (Å²) in [5, 5.41) is 23.8. The zero-order valence-electron chi connectivity index (χ0n) is 29.1. The molecule has 1 saturated heterocycles. The van der Waals surface area contributed by atoms with Crippen molar-refractivity contribution >= 4 is 15.8 Å². The number of ketones is 1. The minimum absolute atomic E-state index is 0.0197. The van der Waals surface area contributed by atoms with E-state index in [1.807, 2.05) is 42.5 Å². The maximum atomic E-state index is 15.0.